The van der Waals surface area contributed by atoms with E-state index in [0.717, 1.165) is 29.8 Å². The molecule has 0 radical (unpaired) electrons. The summed E-state index contributed by atoms with van der Waals surface area (Å²) < 4.78 is 129. The van der Waals surface area contributed by atoms with Crippen LogP contribution in [0.3, 0.4) is 0 Å². The highest BCUT2D eigenvalue weighted by Crippen LogP contribution is 2.40. The zero-order valence-electron chi connectivity index (χ0n) is 24.3. The van der Waals surface area contributed by atoms with Crippen molar-refractivity contribution < 1.29 is 43.5 Å². The van der Waals surface area contributed by atoms with E-state index in [2.05, 4.69) is 4.72 Å². The zero-order valence-corrected chi connectivity index (χ0v) is 25.9. The lowest BCUT2D eigenvalue weighted by Crippen LogP contribution is -2.54. The Kier molecular flexibility index (Phi) is 9.90. The molecule has 0 aliphatic carbocycles. The van der Waals surface area contributed by atoms with Crippen LogP contribution in [0.4, 0.5) is 22.0 Å². The molecule has 0 aromatic heterocycles. The summed E-state index contributed by atoms with van der Waals surface area (Å²) >= 11 is 0. The maximum atomic E-state index is 14.7. The van der Waals surface area contributed by atoms with Gasteiger partial charge < -0.3 is 4.74 Å². The topological polar surface area (TPSA) is 89.5 Å². The summed E-state index contributed by atoms with van der Waals surface area (Å²) in [7, 11) is -7.75. The molecular weight excluding hydrogens is 637 g/mol. The first-order chi connectivity index (χ1) is 21.2. The SMILES string of the molecule is O=S(=O)(CCC[C@H]1NS(=O)(=O)[C@H](CCCc2ccccc2)C[C@H]1[C@@H]1COc2c(F)ccc(F)c2C1)c1ccc(C(F)(F)F)cc1. The monoisotopic (exact) mass is 671 g/mol. The summed E-state index contributed by atoms with van der Waals surface area (Å²) in [5, 5.41) is -0.739. The van der Waals surface area contributed by atoms with Gasteiger partial charge in [-0.25, -0.2) is 30.3 Å². The molecule has 13 heteroatoms. The number of sulfonamides is 1. The first kappa shape index (κ1) is 33.3. The van der Waals surface area contributed by atoms with Gasteiger partial charge in [0, 0.05) is 17.5 Å². The van der Waals surface area contributed by atoms with E-state index in [1.54, 1.807) is 0 Å². The van der Waals surface area contributed by atoms with Crippen LogP contribution in [-0.4, -0.2) is 40.5 Å². The van der Waals surface area contributed by atoms with Crippen LogP contribution in [0.2, 0.25) is 0 Å². The average molecular weight is 672 g/mol. The molecule has 0 bridgehead atoms. The highest BCUT2D eigenvalue weighted by molar-refractivity contribution is 7.91. The second-order valence-corrected chi connectivity index (χ2v) is 15.9. The number of alkyl halides is 3. The molecule has 1 N–H and O–H groups in total. The molecule has 1 fully saturated rings. The van der Waals surface area contributed by atoms with Gasteiger partial charge in [0.15, 0.2) is 21.4 Å². The maximum Gasteiger partial charge on any atom is 0.416 e. The molecule has 1 saturated heterocycles. The molecule has 2 aliphatic rings. The molecule has 2 aliphatic heterocycles. The van der Waals surface area contributed by atoms with Gasteiger partial charge in [0.05, 0.1) is 28.1 Å². The Morgan fingerprint density at radius 3 is 2.27 bits per heavy atom. The second-order valence-electron chi connectivity index (χ2n) is 11.8. The Bertz CT molecular complexity index is 1700. The summed E-state index contributed by atoms with van der Waals surface area (Å²) in [6, 6.07) is 14.2. The Labute approximate surface area is 260 Å². The molecule has 3 aromatic rings. The van der Waals surface area contributed by atoms with E-state index in [1.807, 2.05) is 30.3 Å². The van der Waals surface area contributed by atoms with Crippen LogP contribution in [0.5, 0.6) is 5.75 Å². The number of ether oxygens (including phenoxy) is 1. The summed E-state index contributed by atoms with van der Waals surface area (Å²) in [4.78, 5) is -0.260. The lowest BCUT2D eigenvalue weighted by atomic mass is 9.76. The lowest BCUT2D eigenvalue weighted by Gasteiger charge is -2.42. The molecule has 244 valence electrons. The van der Waals surface area contributed by atoms with Crippen LogP contribution < -0.4 is 9.46 Å². The third-order valence-electron chi connectivity index (χ3n) is 8.78. The smallest absolute Gasteiger partial charge is 0.416 e. The molecule has 0 spiro atoms. The Morgan fingerprint density at radius 1 is 0.889 bits per heavy atom. The molecule has 0 amide bonds. The molecule has 5 rings (SSSR count). The van der Waals surface area contributed by atoms with Gasteiger partial charge in [-0.05, 0) is 92.8 Å². The number of benzene rings is 3. The minimum absolute atomic E-state index is 0.0267. The Hall–Kier alpha value is -3.03. The fourth-order valence-electron chi connectivity index (χ4n) is 6.40. The highest BCUT2D eigenvalue weighted by atomic mass is 32.2. The molecule has 2 heterocycles. The standard InChI is InChI=1S/C32H34F5NO5S2/c33-28-15-16-29(34)31-27(28)18-22(20-43-31)26-19-25(9-4-8-21-6-2-1-3-7-21)45(41,42)38-30(26)10-5-17-44(39,40)24-13-11-23(12-14-24)32(35,36)37/h1-3,6-7,11-16,22,25-26,30,38H,4-5,8-10,17-20H2/t22-,25+,26-,30+/m0/s1. The second kappa shape index (κ2) is 13.4. The van der Waals surface area contributed by atoms with Crippen molar-refractivity contribution in [2.45, 2.75) is 67.3 Å². The number of sulfone groups is 1. The van der Waals surface area contributed by atoms with Crippen molar-refractivity contribution >= 4 is 19.9 Å². The van der Waals surface area contributed by atoms with E-state index in [-0.39, 0.29) is 60.3 Å². The van der Waals surface area contributed by atoms with Crippen LogP contribution in [0.1, 0.15) is 48.8 Å². The lowest BCUT2D eigenvalue weighted by molar-refractivity contribution is -0.137. The van der Waals surface area contributed by atoms with Crippen molar-refractivity contribution in [1.29, 1.82) is 0 Å². The van der Waals surface area contributed by atoms with Crippen molar-refractivity contribution in [3.8, 4) is 5.75 Å². The quantitative estimate of drug-likeness (QED) is 0.249. The highest BCUT2D eigenvalue weighted by Gasteiger charge is 2.44. The van der Waals surface area contributed by atoms with E-state index in [4.69, 9.17) is 4.74 Å². The van der Waals surface area contributed by atoms with Crippen molar-refractivity contribution in [1.82, 2.24) is 4.72 Å². The minimum Gasteiger partial charge on any atom is -0.490 e. The van der Waals surface area contributed by atoms with Gasteiger partial charge in [-0.15, -0.1) is 0 Å². The zero-order chi connectivity index (χ0) is 32.4. The van der Waals surface area contributed by atoms with Gasteiger partial charge in [-0.2, -0.15) is 13.2 Å². The predicted molar refractivity (Wildman–Crippen MR) is 159 cm³/mol. The first-order valence-corrected chi connectivity index (χ1v) is 18.0. The van der Waals surface area contributed by atoms with E-state index < -0.39 is 60.3 Å². The number of nitrogens with one attached hydrogen (secondary N) is 1. The van der Waals surface area contributed by atoms with E-state index in [0.29, 0.717) is 31.4 Å². The van der Waals surface area contributed by atoms with Crippen molar-refractivity contribution in [2.75, 3.05) is 12.4 Å². The van der Waals surface area contributed by atoms with Gasteiger partial charge in [0.2, 0.25) is 10.0 Å². The van der Waals surface area contributed by atoms with Crippen molar-refractivity contribution in [3.05, 3.63) is 95.1 Å². The largest absolute Gasteiger partial charge is 0.490 e. The van der Waals surface area contributed by atoms with Gasteiger partial charge >= 0.3 is 6.18 Å². The number of hydrogen-bond donors (Lipinski definition) is 1. The fourth-order valence-corrected chi connectivity index (χ4v) is 9.60. The van der Waals surface area contributed by atoms with E-state index in [9.17, 15) is 38.8 Å². The number of rotatable bonds is 10. The van der Waals surface area contributed by atoms with Gasteiger partial charge in [-0.1, -0.05) is 30.3 Å². The summed E-state index contributed by atoms with van der Waals surface area (Å²) in [6.07, 6.45) is -2.41. The third-order valence-corrected chi connectivity index (χ3v) is 12.5. The van der Waals surface area contributed by atoms with Crippen LogP contribution in [0.25, 0.3) is 0 Å². The predicted octanol–water partition coefficient (Wildman–Crippen LogP) is 6.49. The molecule has 3 aromatic carbocycles. The fraction of sp³-hybridized carbons (Fsp3) is 0.438. The summed E-state index contributed by atoms with van der Waals surface area (Å²) in [6.45, 7) is 0.0385. The van der Waals surface area contributed by atoms with Crippen LogP contribution >= 0.6 is 0 Å². The van der Waals surface area contributed by atoms with Crippen molar-refractivity contribution in [3.63, 3.8) is 0 Å². The number of halogens is 5. The van der Waals surface area contributed by atoms with Gasteiger partial charge in [0.1, 0.15) is 5.82 Å². The van der Waals surface area contributed by atoms with Crippen LogP contribution in [-0.2, 0) is 38.9 Å². The van der Waals surface area contributed by atoms with Gasteiger partial charge in [0.25, 0.3) is 0 Å². The number of hydrogen-bond acceptors (Lipinski definition) is 5. The number of fused-ring (bicyclic) bond motifs is 1. The third kappa shape index (κ3) is 7.86. The van der Waals surface area contributed by atoms with Gasteiger partial charge in [-0.3, -0.25) is 0 Å². The molecule has 0 saturated carbocycles. The first-order valence-electron chi connectivity index (χ1n) is 14.8. The summed E-state index contributed by atoms with van der Waals surface area (Å²) in [5.41, 5.74) is 0.202. The minimum atomic E-state index is -4.60. The Morgan fingerprint density at radius 2 is 1.58 bits per heavy atom. The molecule has 45 heavy (non-hydrogen) atoms. The van der Waals surface area contributed by atoms with Crippen LogP contribution in [0.15, 0.2) is 71.6 Å². The maximum absolute atomic E-state index is 14.7. The average Bonchev–Trinajstić information content (AvgIpc) is 3.00. The van der Waals surface area contributed by atoms with E-state index >= 15 is 0 Å². The molecular formula is C32H34F5NO5S2. The summed E-state index contributed by atoms with van der Waals surface area (Å²) in [5.74, 6) is -2.59. The molecule has 0 unspecified atom stereocenters. The van der Waals surface area contributed by atoms with Crippen molar-refractivity contribution in [2.24, 2.45) is 11.8 Å². The molecule has 6 nitrogen and oxygen atoms in total. The Balaban J connectivity index is 1.31. The van der Waals surface area contributed by atoms with E-state index in [1.165, 1.54) is 0 Å². The normalized spacial score (nSPS) is 23.2. The van der Waals surface area contributed by atoms with Crippen LogP contribution in [0, 0.1) is 23.5 Å². The number of aryl methyl sites for hydroxylation is 1. The molecule has 4 atom stereocenters.